The molecule has 2 heterocycles. The zero-order valence-electron chi connectivity index (χ0n) is 12.9. The molecule has 0 aliphatic heterocycles. The molecule has 3 aromatic rings. The fraction of sp³-hybridized carbons (Fsp3) is 0.111. The Bertz CT molecular complexity index is 857. The highest BCUT2D eigenvalue weighted by Crippen LogP contribution is 2.26. The van der Waals surface area contributed by atoms with Gasteiger partial charge in [0.25, 0.3) is 0 Å². The lowest BCUT2D eigenvalue weighted by molar-refractivity contribution is 0.537. The van der Waals surface area contributed by atoms with E-state index in [4.69, 9.17) is 5.73 Å². The van der Waals surface area contributed by atoms with Gasteiger partial charge in [-0.05, 0) is 24.6 Å². The number of nitrogens with zero attached hydrogens (tertiary/aromatic N) is 2. The molecular formula is C18H13F4N3. The van der Waals surface area contributed by atoms with Crippen molar-refractivity contribution in [2.24, 2.45) is 5.73 Å². The van der Waals surface area contributed by atoms with Gasteiger partial charge in [-0.15, -0.1) is 0 Å². The zero-order chi connectivity index (χ0) is 18.0. The van der Waals surface area contributed by atoms with Crippen molar-refractivity contribution in [2.45, 2.75) is 12.5 Å². The Morgan fingerprint density at radius 1 is 0.840 bits per heavy atom. The Morgan fingerprint density at radius 2 is 1.48 bits per heavy atom. The molecule has 0 saturated heterocycles. The standard InChI is InChI=1S/C18H13F4N3/c19-12-2-1-3-13(20)11(12)6-16(23)17-5-4-10(7-25-17)18-14(21)8-24-9-15(18)22/h1-5,7-9,16H,6,23H2. The van der Waals surface area contributed by atoms with Crippen LogP contribution < -0.4 is 5.73 Å². The summed E-state index contributed by atoms with van der Waals surface area (Å²) in [4.78, 5) is 7.49. The summed E-state index contributed by atoms with van der Waals surface area (Å²) in [5.41, 5.74) is 6.14. The van der Waals surface area contributed by atoms with E-state index in [1.54, 1.807) is 0 Å². The third kappa shape index (κ3) is 3.51. The van der Waals surface area contributed by atoms with Gasteiger partial charge in [-0.25, -0.2) is 17.6 Å². The van der Waals surface area contributed by atoms with E-state index in [9.17, 15) is 17.6 Å². The first kappa shape index (κ1) is 17.0. The van der Waals surface area contributed by atoms with Gasteiger partial charge in [0.2, 0.25) is 0 Å². The van der Waals surface area contributed by atoms with Crippen LogP contribution in [0.2, 0.25) is 0 Å². The molecule has 1 atom stereocenters. The summed E-state index contributed by atoms with van der Waals surface area (Å²) in [7, 11) is 0. The van der Waals surface area contributed by atoms with Crippen molar-refractivity contribution < 1.29 is 17.6 Å². The summed E-state index contributed by atoms with van der Waals surface area (Å²) >= 11 is 0. The van der Waals surface area contributed by atoms with Crippen LogP contribution in [0.25, 0.3) is 11.1 Å². The van der Waals surface area contributed by atoms with E-state index in [1.165, 1.54) is 24.4 Å². The molecule has 0 amide bonds. The van der Waals surface area contributed by atoms with Gasteiger partial charge in [0.05, 0.1) is 29.7 Å². The molecule has 0 fully saturated rings. The van der Waals surface area contributed by atoms with E-state index in [0.717, 1.165) is 24.5 Å². The number of rotatable bonds is 4. The zero-order valence-corrected chi connectivity index (χ0v) is 12.9. The second kappa shape index (κ2) is 6.98. The average Bonchev–Trinajstić information content (AvgIpc) is 2.58. The second-order valence-corrected chi connectivity index (χ2v) is 5.46. The Kier molecular flexibility index (Phi) is 4.76. The predicted octanol–water partition coefficient (Wildman–Crippen LogP) is 3.94. The molecular weight excluding hydrogens is 334 g/mol. The first-order valence-corrected chi connectivity index (χ1v) is 7.41. The van der Waals surface area contributed by atoms with Crippen molar-refractivity contribution >= 4 is 0 Å². The third-order valence-corrected chi connectivity index (χ3v) is 3.79. The maximum atomic E-state index is 13.7. The van der Waals surface area contributed by atoms with E-state index < -0.39 is 29.3 Å². The van der Waals surface area contributed by atoms with Gasteiger partial charge in [-0.2, -0.15) is 0 Å². The maximum absolute atomic E-state index is 13.7. The molecule has 0 aliphatic rings. The van der Waals surface area contributed by atoms with Crippen molar-refractivity contribution in [3.8, 4) is 11.1 Å². The lowest BCUT2D eigenvalue weighted by atomic mass is 10.0. The van der Waals surface area contributed by atoms with Crippen LogP contribution in [0.5, 0.6) is 0 Å². The van der Waals surface area contributed by atoms with Gasteiger partial charge in [0, 0.05) is 17.3 Å². The minimum atomic E-state index is -0.813. The molecule has 1 unspecified atom stereocenters. The molecule has 25 heavy (non-hydrogen) atoms. The number of hydrogen-bond acceptors (Lipinski definition) is 3. The van der Waals surface area contributed by atoms with Crippen molar-refractivity contribution in [3.05, 3.63) is 83.4 Å². The van der Waals surface area contributed by atoms with E-state index >= 15 is 0 Å². The van der Waals surface area contributed by atoms with Crippen LogP contribution >= 0.6 is 0 Å². The average molecular weight is 347 g/mol. The Balaban J connectivity index is 1.85. The Morgan fingerprint density at radius 3 is 2.04 bits per heavy atom. The van der Waals surface area contributed by atoms with Gasteiger partial charge in [0.15, 0.2) is 11.6 Å². The molecule has 0 radical (unpaired) electrons. The topological polar surface area (TPSA) is 51.8 Å². The number of benzene rings is 1. The highest BCUT2D eigenvalue weighted by atomic mass is 19.1. The first-order valence-electron chi connectivity index (χ1n) is 7.41. The highest BCUT2D eigenvalue weighted by molar-refractivity contribution is 5.63. The molecule has 2 N–H and O–H groups in total. The number of nitrogens with two attached hydrogens (primary N) is 1. The minimum Gasteiger partial charge on any atom is -0.322 e. The van der Waals surface area contributed by atoms with Crippen LogP contribution in [-0.2, 0) is 6.42 Å². The van der Waals surface area contributed by atoms with Crippen molar-refractivity contribution in [3.63, 3.8) is 0 Å². The van der Waals surface area contributed by atoms with Crippen LogP contribution in [0, 0.1) is 23.3 Å². The van der Waals surface area contributed by atoms with Gasteiger partial charge in [-0.1, -0.05) is 12.1 Å². The quantitative estimate of drug-likeness (QED) is 0.727. The number of hydrogen-bond donors (Lipinski definition) is 1. The van der Waals surface area contributed by atoms with Crippen molar-refractivity contribution in [1.82, 2.24) is 9.97 Å². The molecule has 3 rings (SSSR count). The lowest BCUT2D eigenvalue weighted by Crippen LogP contribution is -2.16. The molecule has 1 aromatic carbocycles. The fourth-order valence-corrected chi connectivity index (χ4v) is 2.51. The van der Waals surface area contributed by atoms with E-state index in [-0.39, 0.29) is 23.1 Å². The number of pyridine rings is 2. The van der Waals surface area contributed by atoms with Crippen LogP contribution in [0.15, 0.2) is 48.9 Å². The monoisotopic (exact) mass is 347 g/mol. The van der Waals surface area contributed by atoms with Gasteiger partial charge < -0.3 is 5.73 Å². The molecule has 0 spiro atoms. The van der Waals surface area contributed by atoms with Gasteiger partial charge in [-0.3, -0.25) is 9.97 Å². The summed E-state index contributed by atoms with van der Waals surface area (Å²) in [6.45, 7) is 0. The SMILES string of the molecule is NC(Cc1c(F)cccc1F)c1ccc(-c2c(F)cncc2F)cn1. The van der Waals surface area contributed by atoms with E-state index in [0.29, 0.717) is 5.69 Å². The largest absolute Gasteiger partial charge is 0.322 e. The molecule has 0 saturated carbocycles. The van der Waals surface area contributed by atoms with E-state index in [2.05, 4.69) is 9.97 Å². The Labute approximate surface area is 141 Å². The summed E-state index contributed by atoms with van der Waals surface area (Å²) in [6, 6.07) is 5.71. The van der Waals surface area contributed by atoms with Gasteiger partial charge in [0.1, 0.15) is 11.6 Å². The summed E-state index contributed by atoms with van der Waals surface area (Å²) in [5, 5.41) is 0. The normalized spacial score (nSPS) is 12.2. The Hall–Kier alpha value is -2.80. The second-order valence-electron chi connectivity index (χ2n) is 5.46. The molecule has 0 bridgehead atoms. The minimum absolute atomic E-state index is 0.0944. The molecule has 3 nitrogen and oxygen atoms in total. The number of halogens is 4. The van der Waals surface area contributed by atoms with Crippen LogP contribution in [0.4, 0.5) is 17.6 Å². The fourth-order valence-electron chi connectivity index (χ4n) is 2.51. The van der Waals surface area contributed by atoms with Crippen LogP contribution in [-0.4, -0.2) is 9.97 Å². The highest BCUT2D eigenvalue weighted by Gasteiger charge is 2.17. The number of aromatic nitrogens is 2. The van der Waals surface area contributed by atoms with Crippen LogP contribution in [0.3, 0.4) is 0 Å². The van der Waals surface area contributed by atoms with Crippen molar-refractivity contribution in [1.29, 1.82) is 0 Å². The van der Waals surface area contributed by atoms with Crippen LogP contribution in [0.1, 0.15) is 17.3 Å². The molecule has 7 heteroatoms. The summed E-state index contributed by atoms with van der Waals surface area (Å²) < 4.78 is 54.9. The van der Waals surface area contributed by atoms with Gasteiger partial charge >= 0.3 is 0 Å². The summed E-state index contributed by atoms with van der Waals surface area (Å²) in [6.07, 6.45) is 2.97. The maximum Gasteiger partial charge on any atom is 0.152 e. The lowest BCUT2D eigenvalue weighted by Gasteiger charge is -2.13. The molecule has 128 valence electrons. The summed E-state index contributed by atoms with van der Waals surface area (Å²) in [5.74, 6) is -3.00. The van der Waals surface area contributed by atoms with E-state index in [1.807, 2.05) is 0 Å². The molecule has 2 aromatic heterocycles. The smallest absolute Gasteiger partial charge is 0.152 e. The first-order chi connectivity index (χ1) is 12.0. The molecule has 0 aliphatic carbocycles. The predicted molar refractivity (Wildman–Crippen MR) is 84.4 cm³/mol. The van der Waals surface area contributed by atoms with Crippen molar-refractivity contribution in [2.75, 3.05) is 0 Å². The third-order valence-electron chi connectivity index (χ3n) is 3.79.